The van der Waals surface area contributed by atoms with Crippen LogP contribution in [0.25, 0.3) is 10.9 Å². The van der Waals surface area contributed by atoms with E-state index >= 15 is 0 Å². The van der Waals surface area contributed by atoms with Crippen LogP contribution < -0.4 is 5.69 Å². The lowest BCUT2D eigenvalue weighted by Gasteiger charge is -2.09. The average Bonchev–Trinajstić information content (AvgIpc) is 2.54. The summed E-state index contributed by atoms with van der Waals surface area (Å²) >= 11 is 0. The fourth-order valence-electron chi connectivity index (χ4n) is 2.40. The average molecular weight is 277 g/mol. The van der Waals surface area contributed by atoms with Gasteiger partial charge < -0.3 is 0 Å². The maximum absolute atomic E-state index is 13.4. The first kappa shape index (κ1) is 12.9. The third-order valence-corrected chi connectivity index (χ3v) is 3.79. The third kappa shape index (κ3) is 1.92. The highest BCUT2D eigenvalue weighted by Crippen LogP contribution is 2.23. The number of fused-ring (bicyclic) bond motifs is 3. The van der Waals surface area contributed by atoms with Crippen LogP contribution in [0.15, 0.2) is 22.0 Å². The van der Waals surface area contributed by atoms with E-state index in [1.807, 2.05) is 13.8 Å². The summed E-state index contributed by atoms with van der Waals surface area (Å²) in [7, 11) is 0. The SMILES string of the molecule is CC1=Nn2c(c3cc(F)c(F)cc3nc2=O)CCC1C. The monoisotopic (exact) mass is 277 g/mol. The van der Waals surface area contributed by atoms with Crippen LogP contribution in [0.2, 0.25) is 0 Å². The van der Waals surface area contributed by atoms with E-state index in [1.54, 1.807) is 0 Å². The molecule has 0 N–H and O–H groups in total. The van der Waals surface area contributed by atoms with Crippen molar-refractivity contribution in [3.63, 3.8) is 0 Å². The van der Waals surface area contributed by atoms with Crippen molar-refractivity contribution in [1.29, 1.82) is 0 Å². The molecule has 2 aromatic rings. The zero-order valence-electron chi connectivity index (χ0n) is 11.2. The van der Waals surface area contributed by atoms with Crippen LogP contribution in [0, 0.1) is 17.6 Å². The molecule has 0 spiro atoms. The summed E-state index contributed by atoms with van der Waals surface area (Å²) in [5, 5.41) is 4.70. The molecule has 104 valence electrons. The number of aryl methyl sites for hydroxylation is 1. The van der Waals surface area contributed by atoms with Gasteiger partial charge in [-0.2, -0.15) is 14.8 Å². The van der Waals surface area contributed by atoms with Crippen molar-refractivity contribution < 1.29 is 8.78 Å². The maximum atomic E-state index is 13.4. The summed E-state index contributed by atoms with van der Waals surface area (Å²) < 4.78 is 27.9. The van der Waals surface area contributed by atoms with Crippen LogP contribution in [0.3, 0.4) is 0 Å². The largest absolute Gasteiger partial charge is 0.369 e. The Morgan fingerprint density at radius 1 is 1.30 bits per heavy atom. The van der Waals surface area contributed by atoms with Gasteiger partial charge in [0.25, 0.3) is 0 Å². The van der Waals surface area contributed by atoms with Crippen molar-refractivity contribution in [2.75, 3.05) is 0 Å². The Kier molecular flexibility index (Phi) is 2.88. The Morgan fingerprint density at radius 2 is 2.00 bits per heavy atom. The number of nitrogens with zero attached hydrogens (tertiary/aromatic N) is 3. The smallest absolute Gasteiger partial charge is 0.244 e. The molecule has 3 rings (SSSR count). The van der Waals surface area contributed by atoms with Crippen molar-refractivity contribution in [3.8, 4) is 0 Å². The molecule has 0 radical (unpaired) electrons. The molecule has 0 saturated carbocycles. The number of hydrogen-bond donors (Lipinski definition) is 0. The number of halogens is 2. The first-order valence-corrected chi connectivity index (χ1v) is 6.43. The van der Waals surface area contributed by atoms with Crippen molar-refractivity contribution in [2.45, 2.75) is 26.7 Å². The standard InChI is InChI=1S/C14H13F2N3O/c1-7-3-4-13-9-5-10(15)11(16)6-12(9)17-14(20)19(13)18-8(7)2/h5-7H,3-4H2,1-2H3. The molecule has 1 aromatic carbocycles. The highest BCUT2D eigenvalue weighted by atomic mass is 19.2. The van der Waals surface area contributed by atoms with Gasteiger partial charge in [0.05, 0.1) is 11.2 Å². The van der Waals surface area contributed by atoms with Crippen LogP contribution >= 0.6 is 0 Å². The summed E-state index contributed by atoms with van der Waals surface area (Å²) in [6, 6.07) is 2.04. The van der Waals surface area contributed by atoms with E-state index in [-0.39, 0.29) is 11.4 Å². The van der Waals surface area contributed by atoms with Crippen LogP contribution in [-0.2, 0) is 6.42 Å². The topological polar surface area (TPSA) is 47.2 Å². The second-order valence-electron chi connectivity index (χ2n) is 5.12. The van der Waals surface area contributed by atoms with Crippen LogP contribution in [0.5, 0.6) is 0 Å². The zero-order chi connectivity index (χ0) is 14.4. The highest BCUT2D eigenvalue weighted by molar-refractivity contribution is 5.85. The summed E-state index contributed by atoms with van der Waals surface area (Å²) in [6.45, 7) is 3.87. The quantitative estimate of drug-likeness (QED) is 0.742. The second kappa shape index (κ2) is 4.47. The number of aromatic nitrogens is 2. The van der Waals surface area contributed by atoms with Gasteiger partial charge in [-0.25, -0.2) is 13.6 Å². The highest BCUT2D eigenvalue weighted by Gasteiger charge is 2.19. The van der Waals surface area contributed by atoms with Crippen molar-refractivity contribution in [1.82, 2.24) is 9.66 Å². The third-order valence-electron chi connectivity index (χ3n) is 3.79. The molecule has 20 heavy (non-hydrogen) atoms. The predicted molar refractivity (Wildman–Crippen MR) is 71.9 cm³/mol. The van der Waals surface area contributed by atoms with E-state index in [0.29, 0.717) is 17.5 Å². The van der Waals surface area contributed by atoms with Crippen molar-refractivity contribution in [2.24, 2.45) is 11.0 Å². The van der Waals surface area contributed by atoms with E-state index in [1.165, 1.54) is 4.68 Å². The molecule has 6 heteroatoms. The molecule has 0 amide bonds. The first-order valence-electron chi connectivity index (χ1n) is 6.43. The van der Waals surface area contributed by atoms with Crippen LogP contribution in [-0.4, -0.2) is 15.4 Å². The Bertz CT molecular complexity index is 795. The lowest BCUT2D eigenvalue weighted by molar-refractivity contribution is 0.510. The van der Waals surface area contributed by atoms with E-state index in [9.17, 15) is 13.6 Å². The maximum Gasteiger partial charge on any atom is 0.369 e. The molecule has 0 fully saturated rings. The Labute approximate surface area is 113 Å². The number of benzene rings is 1. The van der Waals surface area contributed by atoms with E-state index in [4.69, 9.17) is 0 Å². The minimum absolute atomic E-state index is 0.169. The molecule has 0 bridgehead atoms. The summed E-state index contributed by atoms with van der Waals surface area (Å²) in [4.78, 5) is 15.8. The molecule has 4 nitrogen and oxygen atoms in total. The van der Waals surface area contributed by atoms with Gasteiger partial charge in [-0.1, -0.05) is 6.92 Å². The van der Waals surface area contributed by atoms with Gasteiger partial charge in [0, 0.05) is 17.2 Å². The molecular weight excluding hydrogens is 264 g/mol. The lowest BCUT2D eigenvalue weighted by Crippen LogP contribution is -2.23. The Morgan fingerprint density at radius 3 is 2.75 bits per heavy atom. The van der Waals surface area contributed by atoms with Crippen LogP contribution in [0.4, 0.5) is 8.78 Å². The molecule has 2 heterocycles. The predicted octanol–water partition coefficient (Wildman–Crippen LogP) is 2.48. The summed E-state index contributed by atoms with van der Waals surface area (Å²) in [5.74, 6) is -1.72. The minimum Gasteiger partial charge on any atom is -0.244 e. The molecule has 0 aliphatic carbocycles. The molecule has 1 aromatic heterocycles. The second-order valence-corrected chi connectivity index (χ2v) is 5.12. The number of rotatable bonds is 0. The van der Waals surface area contributed by atoms with E-state index in [0.717, 1.165) is 24.3 Å². The van der Waals surface area contributed by atoms with Gasteiger partial charge in [-0.05, 0) is 31.7 Å². The minimum atomic E-state index is -1.00. The molecule has 1 atom stereocenters. The van der Waals surface area contributed by atoms with Gasteiger partial charge in [-0.3, -0.25) is 0 Å². The van der Waals surface area contributed by atoms with Gasteiger partial charge in [0.1, 0.15) is 0 Å². The van der Waals surface area contributed by atoms with E-state index in [2.05, 4.69) is 10.1 Å². The van der Waals surface area contributed by atoms with Gasteiger partial charge in [0.15, 0.2) is 11.6 Å². The van der Waals surface area contributed by atoms with Crippen LogP contribution in [0.1, 0.15) is 26.0 Å². The summed E-state index contributed by atoms with van der Waals surface area (Å²) in [6.07, 6.45) is 1.37. The Balaban J connectivity index is 2.39. The molecule has 1 unspecified atom stereocenters. The first-order chi connectivity index (χ1) is 9.47. The summed E-state index contributed by atoms with van der Waals surface area (Å²) in [5.41, 5.74) is 1.02. The van der Waals surface area contributed by atoms with Crippen molar-refractivity contribution >= 4 is 16.6 Å². The normalized spacial score (nSPS) is 18.6. The Hall–Kier alpha value is -2.11. The molecule has 0 saturated heterocycles. The van der Waals surface area contributed by atoms with Gasteiger partial charge >= 0.3 is 5.69 Å². The lowest BCUT2D eigenvalue weighted by atomic mass is 9.99. The van der Waals surface area contributed by atoms with Gasteiger partial charge in [0.2, 0.25) is 0 Å². The zero-order valence-corrected chi connectivity index (χ0v) is 11.2. The molecular formula is C14H13F2N3O. The fraction of sp³-hybridized carbons (Fsp3) is 0.357. The molecule has 1 aliphatic heterocycles. The van der Waals surface area contributed by atoms with Gasteiger partial charge in [-0.15, -0.1) is 0 Å². The van der Waals surface area contributed by atoms with E-state index < -0.39 is 17.3 Å². The number of hydrogen-bond acceptors (Lipinski definition) is 3. The van der Waals surface area contributed by atoms with Crippen molar-refractivity contribution in [3.05, 3.63) is 39.9 Å². The fourth-order valence-corrected chi connectivity index (χ4v) is 2.40. The molecule has 1 aliphatic rings.